The van der Waals surface area contributed by atoms with Crippen LogP contribution >= 0.6 is 15.9 Å². The van der Waals surface area contributed by atoms with Crippen LogP contribution in [0, 0.1) is 0 Å². The Hall–Kier alpha value is -2.35. The number of hydrogen-bond acceptors (Lipinski definition) is 2. The highest BCUT2D eigenvalue weighted by Crippen LogP contribution is 2.36. The molecule has 0 spiro atoms. The Morgan fingerprint density at radius 2 is 1.86 bits per heavy atom. The van der Waals surface area contributed by atoms with Gasteiger partial charge in [0.2, 0.25) is 11.8 Å². The molecule has 2 aromatic rings. The van der Waals surface area contributed by atoms with E-state index in [0.717, 1.165) is 23.7 Å². The fourth-order valence-electron chi connectivity index (χ4n) is 3.21. The lowest BCUT2D eigenvalue weighted by Gasteiger charge is -2.17. The summed E-state index contributed by atoms with van der Waals surface area (Å²) in [5.41, 5.74) is 0.796. The molecule has 0 fully saturated rings. The summed E-state index contributed by atoms with van der Waals surface area (Å²) in [6, 6.07) is 11.1. The molecule has 28 heavy (non-hydrogen) atoms. The van der Waals surface area contributed by atoms with Crippen LogP contribution in [0.5, 0.6) is 0 Å². The first-order chi connectivity index (χ1) is 13.3. The van der Waals surface area contributed by atoms with Crippen LogP contribution in [0.25, 0.3) is 0 Å². The Morgan fingerprint density at radius 3 is 2.61 bits per heavy atom. The number of halogens is 4. The van der Waals surface area contributed by atoms with E-state index in [0.29, 0.717) is 11.0 Å². The fourth-order valence-corrected chi connectivity index (χ4v) is 3.57. The lowest BCUT2D eigenvalue weighted by atomic mass is 10.1. The second kappa shape index (κ2) is 8.34. The maximum absolute atomic E-state index is 13.1. The number of benzene rings is 2. The third-order valence-electron chi connectivity index (χ3n) is 4.54. The molecule has 0 radical (unpaired) electrons. The number of carbonyl (C=O) groups excluding carboxylic acids is 2. The minimum atomic E-state index is -4.57. The highest BCUT2D eigenvalue weighted by atomic mass is 79.9. The van der Waals surface area contributed by atoms with Crippen LogP contribution in [0.2, 0.25) is 0 Å². The number of rotatable bonds is 5. The van der Waals surface area contributed by atoms with E-state index in [1.54, 1.807) is 4.90 Å². The van der Waals surface area contributed by atoms with Gasteiger partial charge in [-0.2, -0.15) is 13.2 Å². The minimum absolute atomic E-state index is 0.0367. The van der Waals surface area contributed by atoms with Gasteiger partial charge in [0.1, 0.15) is 0 Å². The van der Waals surface area contributed by atoms with Gasteiger partial charge in [-0.1, -0.05) is 34.1 Å². The van der Waals surface area contributed by atoms with Crippen molar-refractivity contribution in [3.63, 3.8) is 0 Å². The summed E-state index contributed by atoms with van der Waals surface area (Å²) in [5, 5.41) is 2.30. The van der Waals surface area contributed by atoms with E-state index < -0.39 is 17.6 Å². The van der Waals surface area contributed by atoms with Crippen LogP contribution in [0.4, 0.5) is 24.5 Å². The van der Waals surface area contributed by atoms with Crippen molar-refractivity contribution in [1.82, 2.24) is 0 Å². The van der Waals surface area contributed by atoms with Gasteiger partial charge in [-0.25, -0.2) is 0 Å². The van der Waals surface area contributed by atoms with Gasteiger partial charge in [-0.3, -0.25) is 9.59 Å². The molecule has 2 amide bonds. The number of amides is 2. The zero-order chi connectivity index (χ0) is 20.3. The number of hydrogen-bond donors (Lipinski definition) is 1. The topological polar surface area (TPSA) is 49.4 Å². The molecule has 1 aliphatic rings. The van der Waals surface area contributed by atoms with Crippen LogP contribution in [0.15, 0.2) is 46.9 Å². The normalized spacial score (nSPS) is 13.4. The third kappa shape index (κ3) is 4.73. The molecular formula is C20H18BrF3N2O2. The molecule has 1 heterocycles. The van der Waals surface area contributed by atoms with Crippen molar-refractivity contribution in [2.24, 2.45) is 0 Å². The maximum Gasteiger partial charge on any atom is 0.418 e. The van der Waals surface area contributed by atoms with Gasteiger partial charge in [0, 0.05) is 29.5 Å². The molecule has 8 heteroatoms. The molecule has 0 unspecified atom stereocenters. The van der Waals surface area contributed by atoms with Crippen molar-refractivity contribution < 1.29 is 22.8 Å². The number of alkyl halides is 3. The molecule has 2 aromatic carbocycles. The van der Waals surface area contributed by atoms with Crippen LogP contribution in [-0.4, -0.2) is 18.4 Å². The number of nitrogens with zero attached hydrogens (tertiary/aromatic N) is 1. The number of carbonyl (C=O) groups is 2. The van der Waals surface area contributed by atoms with Gasteiger partial charge in [-0.15, -0.1) is 0 Å². The molecule has 0 atom stereocenters. The van der Waals surface area contributed by atoms with E-state index in [2.05, 4.69) is 21.2 Å². The molecule has 1 N–H and O–H groups in total. The zero-order valence-electron chi connectivity index (χ0n) is 14.9. The Kier molecular flexibility index (Phi) is 6.07. The van der Waals surface area contributed by atoms with Crippen molar-refractivity contribution in [2.75, 3.05) is 16.8 Å². The van der Waals surface area contributed by atoms with Gasteiger partial charge >= 0.3 is 6.18 Å². The van der Waals surface area contributed by atoms with Crippen molar-refractivity contribution in [2.45, 2.75) is 31.9 Å². The largest absolute Gasteiger partial charge is 0.418 e. The maximum atomic E-state index is 13.1. The van der Waals surface area contributed by atoms with E-state index in [4.69, 9.17) is 0 Å². The van der Waals surface area contributed by atoms with Crippen molar-refractivity contribution >= 4 is 39.1 Å². The number of anilines is 2. The van der Waals surface area contributed by atoms with Crippen LogP contribution in [0.3, 0.4) is 0 Å². The Bertz CT molecular complexity index is 899. The number of para-hydroxylation sites is 1. The van der Waals surface area contributed by atoms with Crippen molar-refractivity contribution in [1.29, 1.82) is 0 Å². The highest BCUT2D eigenvalue weighted by Gasteiger charge is 2.34. The first kappa shape index (κ1) is 20.4. The monoisotopic (exact) mass is 454 g/mol. The van der Waals surface area contributed by atoms with Gasteiger partial charge < -0.3 is 10.2 Å². The summed E-state index contributed by atoms with van der Waals surface area (Å²) in [5.74, 6) is -0.644. The van der Waals surface area contributed by atoms with Crippen molar-refractivity contribution in [3.05, 3.63) is 58.1 Å². The third-order valence-corrected chi connectivity index (χ3v) is 5.04. The van der Waals surface area contributed by atoms with Gasteiger partial charge in [0.15, 0.2) is 0 Å². The first-order valence-corrected chi connectivity index (χ1v) is 9.60. The molecule has 0 aliphatic carbocycles. The van der Waals surface area contributed by atoms with E-state index in [1.807, 2.05) is 24.3 Å². The standard InChI is InChI=1S/C20H18BrF3N2O2/c21-14-8-9-15(20(22,23)24)16(12-14)25-18(27)6-3-7-19(28)26-11-10-13-4-1-2-5-17(13)26/h1-2,4-5,8-9,12H,3,6-7,10-11H2,(H,25,27). The molecule has 148 valence electrons. The van der Waals surface area contributed by atoms with Crippen LogP contribution < -0.4 is 10.2 Å². The molecular weight excluding hydrogens is 437 g/mol. The molecule has 0 aromatic heterocycles. The summed E-state index contributed by atoms with van der Waals surface area (Å²) < 4.78 is 39.6. The number of nitrogens with one attached hydrogen (secondary N) is 1. The zero-order valence-corrected chi connectivity index (χ0v) is 16.4. The predicted molar refractivity (Wildman–Crippen MR) is 104 cm³/mol. The molecule has 4 nitrogen and oxygen atoms in total. The van der Waals surface area contributed by atoms with Gasteiger partial charge in [-0.05, 0) is 42.7 Å². The minimum Gasteiger partial charge on any atom is -0.325 e. The average Bonchev–Trinajstić information content (AvgIpc) is 3.04. The van der Waals surface area contributed by atoms with E-state index >= 15 is 0 Å². The number of fused-ring (bicyclic) bond motifs is 1. The lowest BCUT2D eigenvalue weighted by molar-refractivity contribution is -0.137. The lowest BCUT2D eigenvalue weighted by Crippen LogP contribution is -2.28. The molecule has 1 aliphatic heterocycles. The Labute approximate surface area is 168 Å². The Balaban J connectivity index is 1.55. The fraction of sp³-hybridized carbons (Fsp3) is 0.300. The van der Waals surface area contributed by atoms with E-state index in [1.165, 1.54) is 12.1 Å². The molecule has 0 saturated carbocycles. The summed E-state index contributed by atoms with van der Waals surface area (Å²) in [6.07, 6.45) is -3.38. The molecule has 3 rings (SSSR count). The predicted octanol–water partition coefficient (Wildman–Crippen LogP) is 5.17. The SMILES string of the molecule is O=C(CCCC(=O)N1CCc2ccccc21)Nc1cc(Br)ccc1C(F)(F)F. The van der Waals surface area contributed by atoms with Crippen LogP contribution in [-0.2, 0) is 22.2 Å². The second-order valence-electron chi connectivity index (χ2n) is 6.51. The summed E-state index contributed by atoms with van der Waals surface area (Å²) in [6.45, 7) is 0.608. The Morgan fingerprint density at radius 1 is 1.11 bits per heavy atom. The van der Waals surface area contributed by atoms with Gasteiger partial charge in [0.25, 0.3) is 0 Å². The summed E-state index contributed by atoms with van der Waals surface area (Å²) in [7, 11) is 0. The van der Waals surface area contributed by atoms with Gasteiger partial charge in [0.05, 0.1) is 11.3 Å². The molecule has 0 bridgehead atoms. The van der Waals surface area contributed by atoms with Crippen molar-refractivity contribution in [3.8, 4) is 0 Å². The van der Waals surface area contributed by atoms with E-state index in [-0.39, 0.29) is 30.9 Å². The van der Waals surface area contributed by atoms with E-state index in [9.17, 15) is 22.8 Å². The smallest absolute Gasteiger partial charge is 0.325 e. The van der Waals surface area contributed by atoms with Crippen LogP contribution in [0.1, 0.15) is 30.4 Å². The quantitative estimate of drug-likeness (QED) is 0.677. The average molecular weight is 455 g/mol. The summed E-state index contributed by atoms with van der Waals surface area (Å²) in [4.78, 5) is 26.2. The highest BCUT2D eigenvalue weighted by molar-refractivity contribution is 9.10. The molecule has 0 saturated heterocycles. The first-order valence-electron chi connectivity index (χ1n) is 8.80. The second-order valence-corrected chi connectivity index (χ2v) is 7.43. The summed E-state index contributed by atoms with van der Waals surface area (Å²) >= 11 is 3.11.